The molecule has 1 aromatic rings. The minimum Gasteiger partial charge on any atom is -0.379 e. The van der Waals surface area contributed by atoms with E-state index in [2.05, 4.69) is 21.7 Å². The van der Waals surface area contributed by atoms with E-state index < -0.39 is 0 Å². The van der Waals surface area contributed by atoms with Crippen LogP contribution in [0.5, 0.6) is 0 Å². The highest BCUT2D eigenvalue weighted by molar-refractivity contribution is 7.09. The molecule has 0 unspecified atom stereocenters. The first kappa shape index (κ1) is 17.8. The minimum absolute atomic E-state index is 0.0985. The maximum Gasteiger partial charge on any atom is 0.273 e. The first-order valence-corrected chi connectivity index (χ1v) is 9.90. The van der Waals surface area contributed by atoms with Crippen LogP contribution in [0.4, 0.5) is 0 Å². The molecule has 2 fully saturated rings. The summed E-state index contributed by atoms with van der Waals surface area (Å²) in [5, 5.41) is 2.99. The molecule has 2 aliphatic heterocycles. The summed E-state index contributed by atoms with van der Waals surface area (Å²) in [5.41, 5.74) is 0.630. The second kappa shape index (κ2) is 8.89. The summed E-state index contributed by atoms with van der Waals surface area (Å²) in [6, 6.07) is 0. The summed E-state index contributed by atoms with van der Waals surface area (Å²) in [4.78, 5) is 23.9. The summed E-state index contributed by atoms with van der Waals surface area (Å²) < 4.78 is 5.39. The van der Waals surface area contributed by atoms with Crippen molar-refractivity contribution in [2.45, 2.75) is 19.8 Å². The van der Waals surface area contributed by atoms with Crippen LogP contribution in [0.25, 0.3) is 0 Å². The van der Waals surface area contributed by atoms with Gasteiger partial charge in [-0.1, -0.05) is 6.92 Å². The Morgan fingerprint density at radius 1 is 1.12 bits per heavy atom. The number of aryl methyl sites for hydroxylation is 1. The number of carbonyl (C=O) groups is 1. The van der Waals surface area contributed by atoms with Crippen LogP contribution in [0.15, 0.2) is 5.38 Å². The van der Waals surface area contributed by atoms with Gasteiger partial charge >= 0.3 is 0 Å². The second-order valence-electron chi connectivity index (χ2n) is 6.46. The third-order valence-electron chi connectivity index (χ3n) is 4.73. The molecule has 1 amide bonds. The van der Waals surface area contributed by atoms with Crippen molar-refractivity contribution in [1.29, 1.82) is 0 Å². The highest BCUT2D eigenvalue weighted by Crippen LogP contribution is 2.15. The van der Waals surface area contributed by atoms with Crippen molar-refractivity contribution in [2.75, 3.05) is 65.6 Å². The molecule has 3 rings (SSSR count). The molecule has 0 atom stereocenters. The molecular weight excluding hydrogens is 324 g/mol. The van der Waals surface area contributed by atoms with Gasteiger partial charge in [0.25, 0.3) is 5.91 Å². The van der Waals surface area contributed by atoms with Gasteiger partial charge in [0.2, 0.25) is 0 Å². The number of rotatable bonds is 6. The number of nitrogens with zero attached hydrogens (tertiary/aromatic N) is 4. The third kappa shape index (κ3) is 4.75. The summed E-state index contributed by atoms with van der Waals surface area (Å²) in [7, 11) is 0. The largest absolute Gasteiger partial charge is 0.379 e. The molecule has 0 spiro atoms. The maximum absolute atomic E-state index is 12.6. The van der Waals surface area contributed by atoms with Crippen molar-refractivity contribution >= 4 is 17.2 Å². The Morgan fingerprint density at radius 3 is 2.46 bits per heavy atom. The lowest BCUT2D eigenvalue weighted by molar-refractivity contribution is 0.0293. The quantitative estimate of drug-likeness (QED) is 0.770. The van der Waals surface area contributed by atoms with Crippen LogP contribution in [-0.4, -0.2) is 91.2 Å². The molecule has 0 bridgehead atoms. The van der Waals surface area contributed by atoms with Crippen LogP contribution in [-0.2, 0) is 11.2 Å². The number of carbonyl (C=O) groups excluding carboxylic acids is 1. The van der Waals surface area contributed by atoms with E-state index in [0.717, 1.165) is 83.4 Å². The van der Waals surface area contributed by atoms with Crippen molar-refractivity contribution in [1.82, 2.24) is 19.7 Å². The number of piperazine rings is 1. The van der Waals surface area contributed by atoms with Crippen LogP contribution in [0, 0.1) is 0 Å². The number of ether oxygens (including phenoxy) is 1. The van der Waals surface area contributed by atoms with Gasteiger partial charge in [0.15, 0.2) is 0 Å². The fourth-order valence-corrected chi connectivity index (χ4v) is 4.06. The van der Waals surface area contributed by atoms with Crippen LogP contribution >= 0.6 is 11.3 Å². The Hall–Kier alpha value is -1.02. The van der Waals surface area contributed by atoms with Gasteiger partial charge in [-0.15, -0.1) is 11.3 Å². The topological polar surface area (TPSA) is 48.9 Å². The summed E-state index contributed by atoms with van der Waals surface area (Å²) in [6.07, 6.45) is 2.04. The average molecular weight is 353 g/mol. The number of amides is 1. The summed E-state index contributed by atoms with van der Waals surface area (Å²) >= 11 is 1.61. The second-order valence-corrected chi connectivity index (χ2v) is 7.41. The lowest BCUT2D eigenvalue weighted by Gasteiger charge is -2.36. The van der Waals surface area contributed by atoms with Crippen molar-refractivity contribution in [3.8, 4) is 0 Å². The van der Waals surface area contributed by atoms with E-state index in [0.29, 0.717) is 5.69 Å². The molecular formula is C17H28N4O2S. The van der Waals surface area contributed by atoms with Crippen LogP contribution < -0.4 is 0 Å². The van der Waals surface area contributed by atoms with E-state index in [1.165, 1.54) is 0 Å². The van der Waals surface area contributed by atoms with E-state index in [-0.39, 0.29) is 5.91 Å². The monoisotopic (exact) mass is 352 g/mol. The maximum atomic E-state index is 12.6. The van der Waals surface area contributed by atoms with Crippen molar-refractivity contribution in [2.24, 2.45) is 0 Å². The van der Waals surface area contributed by atoms with Gasteiger partial charge in [0, 0.05) is 57.7 Å². The van der Waals surface area contributed by atoms with Crippen molar-refractivity contribution in [3.63, 3.8) is 0 Å². The lowest BCUT2D eigenvalue weighted by atomic mass is 10.2. The number of aromatic nitrogens is 1. The molecule has 2 aliphatic rings. The molecule has 0 radical (unpaired) electrons. The SMILES string of the molecule is CCCc1nc(C(=O)N2CCN(CCN3CCOCC3)CC2)cs1. The molecule has 2 saturated heterocycles. The number of thiazole rings is 1. The van der Waals surface area contributed by atoms with Gasteiger partial charge in [-0.25, -0.2) is 4.98 Å². The summed E-state index contributed by atoms with van der Waals surface area (Å²) in [6.45, 7) is 11.7. The van der Waals surface area contributed by atoms with Gasteiger partial charge in [-0.05, 0) is 12.8 Å². The predicted molar refractivity (Wildman–Crippen MR) is 95.7 cm³/mol. The first-order valence-electron chi connectivity index (χ1n) is 9.02. The van der Waals surface area contributed by atoms with E-state index in [9.17, 15) is 4.79 Å². The molecule has 3 heterocycles. The van der Waals surface area contributed by atoms with Gasteiger partial charge in [0.05, 0.1) is 18.2 Å². The van der Waals surface area contributed by atoms with Gasteiger partial charge in [0.1, 0.15) is 5.69 Å². The van der Waals surface area contributed by atoms with E-state index in [1.54, 1.807) is 11.3 Å². The normalized spacial score (nSPS) is 20.5. The Balaban J connectivity index is 1.41. The zero-order chi connectivity index (χ0) is 16.8. The Morgan fingerprint density at radius 2 is 1.79 bits per heavy atom. The fraction of sp³-hybridized carbons (Fsp3) is 0.765. The van der Waals surface area contributed by atoms with Gasteiger partial charge < -0.3 is 9.64 Å². The van der Waals surface area contributed by atoms with E-state index in [4.69, 9.17) is 4.74 Å². The van der Waals surface area contributed by atoms with Crippen molar-refractivity contribution in [3.05, 3.63) is 16.1 Å². The highest BCUT2D eigenvalue weighted by atomic mass is 32.1. The zero-order valence-electron chi connectivity index (χ0n) is 14.6. The zero-order valence-corrected chi connectivity index (χ0v) is 15.4. The summed E-state index contributed by atoms with van der Waals surface area (Å²) in [5.74, 6) is 0.0985. The van der Waals surface area contributed by atoms with Gasteiger partial charge in [-0.3, -0.25) is 14.6 Å². The average Bonchev–Trinajstić information content (AvgIpc) is 3.10. The highest BCUT2D eigenvalue weighted by Gasteiger charge is 2.24. The standard InChI is InChI=1S/C17H28N4O2S/c1-2-3-16-18-15(14-24-16)17(22)21-8-6-19(7-9-21)4-5-20-10-12-23-13-11-20/h14H,2-13H2,1H3. The molecule has 1 aromatic heterocycles. The van der Waals surface area contributed by atoms with Crippen LogP contribution in [0.1, 0.15) is 28.8 Å². The Labute approximate surface area is 148 Å². The van der Waals surface area contributed by atoms with Crippen molar-refractivity contribution < 1.29 is 9.53 Å². The Bertz CT molecular complexity index is 522. The molecule has 7 heteroatoms. The van der Waals surface area contributed by atoms with Crippen LogP contribution in [0.3, 0.4) is 0 Å². The van der Waals surface area contributed by atoms with E-state index >= 15 is 0 Å². The fourth-order valence-electron chi connectivity index (χ4n) is 3.18. The molecule has 0 saturated carbocycles. The predicted octanol–water partition coefficient (Wildman–Crippen LogP) is 1.19. The number of morpholine rings is 1. The molecule has 0 aromatic carbocycles. The van der Waals surface area contributed by atoms with Gasteiger partial charge in [-0.2, -0.15) is 0 Å². The van der Waals surface area contributed by atoms with Crippen LogP contribution in [0.2, 0.25) is 0 Å². The molecule has 24 heavy (non-hydrogen) atoms. The molecule has 134 valence electrons. The smallest absolute Gasteiger partial charge is 0.273 e. The molecule has 6 nitrogen and oxygen atoms in total. The molecule has 0 N–H and O–H groups in total. The number of hydrogen-bond acceptors (Lipinski definition) is 6. The number of hydrogen-bond donors (Lipinski definition) is 0. The Kier molecular flexibility index (Phi) is 6.59. The third-order valence-corrected chi connectivity index (χ3v) is 5.64. The first-order chi connectivity index (χ1) is 11.8. The molecule has 0 aliphatic carbocycles. The van der Waals surface area contributed by atoms with E-state index in [1.807, 2.05) is 10.3 Å². The minimum atomic E-state index is 0.0985. The lowest BCUT2D eigenvalue weighted by Crippen LogP contribution is -2.51.